The van der Waals surface area contributed by atoms with Crippen molar-refractivity contribution in [1.82, 2.24) is 10.1 Å². The number of nitrogens with zero attached hydrogens (tertiary/aromatic N) is 3. The molecule has 0 unspecified atom stereocenters. The molecule has 0 aliphatic heterocycles. The summed E-state index contributed by atoms with van der Waals surface area (Å²) in [6.07, 6.45) is -3.82. The molecule has 0 aromatic carbocycles. The molecule has 0 aliphatic rings. The van der Waals surface area contributed by atoms with Gasteiger partial charge in [0.1, 0.15) is 35.4 Å². The van der Waals surface area contributed by atoms with E-state index in [1.807, 2.05) is 0 Å². The molecule has 0 bridgehead atoms. The van der Waals surface area contributed by atoms with E-state index in [4.69, 9.17) is 15.7 Å². The Kier molecular flexibility index (Phi) is 4.62. The fraction of sp³-hybridized carbons (Fsp3) is 0.308. The Morgan fingerprint density at radius 2 is 2.14 bits per heavy atom. The molecule has 0 saturated heterocycles. The van der Waals surface area contributed by atoms with Crippen LogP contribution in [0.1, 0.15) is 29.5 Å². The van der Waals surface area contributed by atoms with E-state index in [0.29, 0.717) is 5.69 Å². The van der Waals surface area contributed by atoms with Crippen molar-refractivity contribution in [1.29, 1.82) is 5.26 Å². The number of halogens is 3. The van der Waals surface area contributed by atoms with Gasteiger partial charge < -0.3 is 15.0 Å². The number of hydrogen-bond donors (Lipinski definition) is 1. The summed E-state index contributed by atoms with van der Waals surface area (Å²) < 4.78 is 48.2. The molecular formula is C13H11F3N4O2. The molecule has 116 valence electrons. The van der Waals surface area contributed by atoms with Gasteiger partial charge in [0.15, 0.2) is 0 Å². The molecule has 2 aromatic heterocycles. The van der Waals surface area contributed by atoms with Crippen LogP contribution < -0.4 is 10.5 Å². The van der Waals surface area contributed by atoms with Crippen LogP contribution in [0.5, 0.6) is 5.88 Å². The number of pyridine rings is 1. The second-order valence-electron chi connectivity index (χ2n) is 4.27. The molecular weight excluding hydrogens is 301 g/mol. The summed E-state index contributed by atoms with van der Waals surface area (Å²) in [7, 11) is 0. The average Bonchev–Trinajstić information content (AvgIpc) is 3.00. The third kappa shape index (κ3) is 3.53. The van der Waals surface area contributed by atoms with Gasteiger partial charge in [0.05, 0.1) is 0 Å². The van der Waals surface area contributed by atoms with E-state index >= 15 is 0 Å². The highest BCUT2D eigenvalue weighted by Gasteiger charge is 2.33. The number of nitriles is 1. The number of hydrogen-bond acceptors (Lipinski definition) is 6. The maximum Gasteiger partial charge on any atom is 0.433 e. The third-order valence-corrected chi connectivity index (χ3v) is 2.74. The summed E-state index contributed by atoms with van der Waals surface area (Å²) in [5, 5.41) is 12.6. The van der Waals surface area contributed by atoms with Gasteiger partial charge in [0.25, 0.3) is 0 Å². The Bertz CT molecular complexity index is 665. The first-order valence-electron chi connectivity index (χ1n) is 6.21. The van der Waals surface area contributed by atoms with Crippen molar-refractivity contribution < 1.29 is 22.4 Å². The number of rotatable bonds is 5. The zero-order valence-electron chi connectivity index (χ0n) is 11.2. The minimum absolute atomic E-state index is 0.112. The summed E-state index contributed by atoms with van der Waals surface area (Å²) in [5.41, 5.74) is 4.55. The number of ether oxygens (including phenoxy) is 1. The standard InChI is InChI=1S/C13H11F3N4O2/c14-13(15,16)11-2-1-8(7-18)12(19-11)22-10(3-5-17)9-4-6-21-20-9/h1-2,4,6,10H,3,5,17H2/t10-/m1/s1. The summed E-state index contributed by atoms with van der Waals surface area (Å²) in [5.74, 6) is -0.418. The van der Waals surface area contributed by atoms with Gasteiger partial charge in [-0.15, -0.1) is 0 Å². The fourth-order valence-electron chi connectivity index (χ4n) is 1.71. The molecule has 2 aromatic rings. The predicted octanol–water partition coefficient (Wildman–Crippen LogP) is 2.43. The van der Waals surface area contributed by atoms with Gasteiger partial charge in [-0.2, -0.15) is 18.4 Å². The molecule has 0 amide bonds. The monoisotopic (exact) mass is 312 g/mol. The van der Waals surface area contributed by atoms with Crippen molar-refractivity contribution in [2.45, 2.75) is 18.7 Å². The number of alkyl halides is 3. The molecule has 2 heterocycles. The van der Waals surface area contributed by atoms with E-state index in [9.17, 15) is 13.2 Å². The first-order valence-corrected chi connectivity index (χ1v) is 6.21. The Hall–Kier alpha value is -2.60. The van der Waals surface area contributed by atoms with E-state index in [-0.39, 0.29) is 18.5 Å². The molecule has 2 N–H and O–H groups in total. The van der Waals surface area contributed by atoms with Crippen molar-refractivity contribution >= 4 is 0 Å². The topological polar surface area (TPSA) is 98.0 Å². The average molecular weight is 312 g/mol. The van der Waals surface area contributed by atoms with E-state index in [2.05, 4.69) is 14.7 Å². The highest BCUT2D eigenvalue weighted by atomic mass is 19.4. The molecule has 2 rings (SSSR count). The van der Waals surface area contributed by atoms with Crippen LogP contribution in [0.3, 0.4) is 0 Å². The molecule has 9 heteroatoms. The van der Waals surface area contributed by atoms with Crippen LogP contribution in [-0.4, -0.2) is 16.7 Å². The predicted molar refractivity (Wildman–Crippen MR) is 67.5 cm³/mol. The normalized spacial score (nSPS) is 12.7. The minimum Gasteiger partial charge on any atom is -0.467 e. The molecule has 0 saturated carbocycles. The maximum absolute atomic E-state index is 12.7. The fourth-order valence-corrected chi connectivity index (χ4v) is 1.71. The van der Waals surface area contributed by atoms with Crippen molar-refractivity contribution in [3.63, 3.8) is 0 Å². The van der Waals surface area contributed by atoms with E-state index in [1.165, 1.54) is 12.3 Å². The summed E-state index contributed by atoms with van der Waals surface area (Å²) >= 11 is 0. The van der Waals surface area contributed by atoms with Crippen LogP contribution >= 0.6 is 0 Å². The van der Waals surface area contributed by atoms with Crippen molar-refractivity contribution in [2.24, 2.45) is 5.73 Å². The zero-order chi connectivity index (χ0) is 16.2. The maximum atomic E-state index is 12.7. The Labute approximate surface area is 123 Å². The smallest absolute Gasteiger partial charge is 0.433 e. The van der Waals surface area contributed by atoms with Gasteiger partial charge >= 0.3 is 6.18 Å². The lowest BCUT2D eigenvalue weighted by atomic mass is 10.2. The van der Waals surface area contributed by atoms with Gasteiger partial charge in [-0.05, 0) is 18.7 Å². The highest BCUT2D eigenvalue weighted by Crippen LogP contribution is 2.31. The molecule has 0 spiro atoms. The van der Waals surface area contributed by atoms with Gasteiger partial charge in [-0.3, -0.25) is 0 Å². The summed E-state index contributed by atoms with van der Waals surface area (Å²) in [6, 6.07) is 4.97. The molecule has 0 radical (unpaired) electrons. The lowest BCUT2D eigenvalue weighted by molar-refractivity contribution is -0.141. The van der Waals surface area contributed by atoms with Crippen LogP contribution in [0.15, 0.2) is 29.0 Å². The van der Waals surface area contributed by atoms with Crippen molar-refractivity contribution in [3.05, 3.63) is 41.4 Å². The van der Waals surface area contributed by atoms with Gasteiger partial charge in [0, 0.05) is 12.5 Å². The molecule has 22 heavy (non-hydrogen) atoms. The van der Waals surface area contributed by atoms with Gasteiger partial charge in [-0.25, -0.2) is 4.98 Å². The molecule has 0 fully saturated rings. The van der Waals surface area contributed by atoms with Crippen molar-refractivity contribution in [3.8, 4) is 11.9 Å². The highest BCUT2D eigenvalue weighted by molar-refractivity contribution is 5.39. The van der Waals surface area contributed by atoms with E-state index < -0.39 is 23.9 Å². The quantitative estimate of drug-likeness (QED) is 0.910. The van der Waals surface area contributed by atoms with Gasteiger partial charge in [-0.1, -0.05) is 5.16 Å². The van der Waals surface area contributed by atoms with E-state index in [0.717, 1.165) is 12.1 Å². The first kappa shape index (κ1) is 15.8. The van der Waals surface area contributed by atoms with E-state index in [1.54, 1.807) is 6.07 Å². The molecule has 1 atom stereocenters. The summed E-state index contributed by atoms with van der Waals surface area (Å²) in [6.45, 7) is 0.207. The largest absolute Gasteiger partial charge is 0.467 e. The first-order chi connectivity index (χ1) is 10.5. The van der Waals surface area contributed by atoms with Crippen LogP contribution in [0.4, 0.5) is 13.2 Å². The van der Waals surface area contributed by atoms with Crippen molar-refractivity contribution in [2.75, 3.05) is 6.54 Å². The van der Waals surface area contributed by atoms with Crippen LogP contribution in [0.2, 0.25) is 0 Å². The second kappa shape index (κ2) is 6.44. The lowest BCUT2D eigenvalue weighted by Gasteiger charge is -2.17. The molecule has 0 aliphatic carbocycles. The Morgan fingerprint density at radius 3 is 2.68 bits per heavy atom. The number of nitrogens with two attached hydrogens (primary N) is 1. The SMILES string of the molecule is N#Cc1ccc(C(F)(F)F)nc1O[C@H](CCN)c1ccon1. The lowest BCUT2D eigenvalue weighted by Crippen LogP contribution is -2.16. The third-order valence-electron chi connectivity index (χ3n) is 2.74. The number of aromatic nitrogens is 2. The second-order valence-corrected chi connectivity index (χ2v) is 4.27. The minimum atomic E-state index is -4.64. The molecule has 6 nitrogen and oxygen atoms in total. The Morgan fingerprint density at radius 1 is 1.36 bits per heavy atom. The Balaban J connectivity index is 2.35. The van der Waals surface area contributed by atoms with Crippen LogP contribution in [0, 0.1) is 11.3 Å². The van der Waals surface area contributed by atoms with Crippen LogP contribution in [-0.2, 0) is 6.18 Å². The summed E-state index contributed by atoms with van der Waals surface area (Å²) in [4.78, 5) is 3.38. The van der Waals surface area contributed by atoms with Gasteiger partial charge in [0.2, 0.25) is 5.88 Å². The zero-order valence-corrected chi connectivity index (χ0v) is 11.2. The van der Waals surface area contributed by atoms with Crippen LogP contribution in [0.25, 0.3) is 0 Å².